The van der Waals surface area contributed by atoms with Crippen LogP contribution in [0.4, 0.5) is 0 Å². The Balaban J connectivity index is 1.55. The third kappa shape index (κ3) is 3.57. The summed E-state index contributed by atoms with van der Waals surface area (Å²) in [5.41, 5.74) is 1.91. The Morgan fingerprint density at radius 2 is 2.26 bits per heavy atom. The van der Waals surface area contributed by atoms with Gasteiger partial charge in [0.2, 0.25) is 10.0 Å². The average Bonchev–Trinajstić information content (AvgIpc) is 2.52. The summed E-state index contributed by atoms with van der Waals surface area (Å²) in [6.07, 6.45) is 5.32. The summed E-state index contributed by atoms with van der Waals surface area (Å²) in [7, 11) is -3.11. The van der Waals surface area contributed by atoms with Crippen LogP contribution in [0.3, 0.4) is 0 Å². The molecule has 1 aromatic heterocycles. The Morgan fingerprint density at radius 1 is 1.48 bits per heavy atom. The molecule has 2 fully saturated rings. The summed E-state index contributed by atoms with van der Waals surface area (Å²) in [5, 5.41) is 0. The minimum Gasteiger partial charge on any atom is -0.373 e. The highest BCUT2D eigenvalue weighted by Crippen LogP contribution is 2.37. The van der Waals surface area contributed by atoms with Gasteiger partial charge in [-0.3, -0.25) is 4.98 Å². The number of hydrogen-bond acceptors (Lipinski definition) is 5. The van der Waals surface area contributed by atoms with Crippen LogP contribution in [-0.4, -0.2) is 54.9 Å². The maximum absolute atomic E-state index is 11.9. The van der Waals surface area contributed by atoms with Gasteiger partial charge < -0.3 is 9.47 Å². The lowest BCUT2D eigenvalue weighted by Crippen LogP contribution is -2.67. The number of pyridine rings is 1. The molecule has 0 radical (unpaired) electrons. The van der Waals surface area contributed by atoms with E-state index in [1.807, 2.05) is 19.2 Å². The average molecular weight is 340 g/mol. The second-order valence-electron chi connectivity index (χ2n) is 6.43. The molecule has 1 aromatic rings. The third-order valence-corrected chi connectivity index (χ3v) is 6.53. The summed E-state index contributed by atoms with van der Waals surface area (Å²) in [6, 6.07) is 1.98. The van der Waals surface area contributed by atoms with E-state index in [1.54, 1.807) is 13.1 Å². The van der Waals surface area contributed by atoms with Gasteiger partial charge in [0.1, 0.15) is 0 Å². The number of aryl methyl sites for hydroxylation is 1. The molecule has 0 bridgehead atoms. The minimum atomic E-state index is -3.11. The monoisotopic (exact) mass is 340 g/mol. The van der Waals surface area contributed by atoms with E-state index < -0.39 is 10.0 Å². The Hall–Kier alpha value is -1.02. The molecule has 0 aliphatic carbocycles. The number of ether oxygens (including phenoxy) is 2. The zero-order valence-electron chi connectivity index (χ0n) is 13.7. The van der Waals surface area contributed by atoms with Crippen LogP contribution in [0.5, 0.6) is 0 Å². The second-order valence-corrected chi connectivity index (χ2v) is 8.69. The lowest BCUT2D eigenvalue weighted by Gasteiger charge is -2.52. The molecular weight excluding hydrogens is 316 g/mol. The highest BCUT2D eigenvalue weighted by atomic mass is 32.2. The Bertz CT molecular complexity index is 656. The summed E-state index contributed by atoms with van der Waals surface area (Å²) in [6.45, 7) is 5.79. The van der Waals surface area contributed by atoms with Crippen molar-refractivity contribution in [2.45, 2.75) is 45.0 Å². The molecule has 3 rings (SSSR count). The molecule has 0 N–H and O–H groups in total. The van der Waals surface area contributed by atoms with Crippen LogP contribution in [0.2, 0.25) is 0 Å². The van der Waals surface area contributed by atoms with Crippen molar-refractivity contribution in [1.29, 1.82) is 0 Å². The van der Waals surface area contributed by atoms with Crippen LogP contribution in [0.15, 0.2) is 18.5 Å². The first-order valence-electron chi connectivity index (χ1n) is 8.07. The highest BCUT2D eigenvalue weighted by Gasteiger charge is 2.51. The fourth-order valence-corrected chi connectivity index (χ4v) is 4.41. The molecule has 128 valence electrons. The van der Waals surface area contributed by atoms with Crippen LogP contribution in [0.25, 0.3) is 0 Å². The van der Waals surface area contributed by atoms with Crippen molar-refractivity contribution in [3.63, 3.8) is 0 Å². The predicted octanol–water partition coefficient (Wildman–Crippen LogP) is 1.49. The quantitative estimate of drug-likeness (QED) is 0.812. The minimum absolute atomic E-state index is 0.106. The van der Waals surface area contributed by atoms with Crippen molar-refractivity contribution in [3.8, 4) is 0 Å². The maximum atomic E-state index is 11.9. The number of aromatic nitrogens is 1. The highest BCUT2D eigenvalue weighted by molar-refractivity contribution is 7.89. The first-order valence-corrected chi connectivity index (χ1v) is 9.68. The molecule has 7 heteroatoms. The van der Waals surface area contributed by atoms with E-state index in [1.165, 1.54) is 9.87 Å². The van der Waals surface area contributed by atoms with Gasteiger partial charge in [0.05, 0.1) is 24.1 Å². The first kappa shape index (κ1) is 16.8. The lowest BCUT2D eigenvalue weighted by molar-refractivity contribution is -0.180. The first-order chi connectivity index (χ1) is 10.9. The van der Waals surface area contributed by atoms with Crippen LogP contribution < -0.4 is 0 Å². The Labute approximate surface area is 137 Å². The molecule has 1 spiro atoms. The van der Waals surface area contributed by atoms with Gasteiger partial charge in [-0.15, -0.1) is 0 Å². The third-order valence-electron chi connectivity index (χ3n) is 4.76. The molecule has 0 aromatic carbocycles. The van der Waals surface area contributed by atoms with Crippen LogP contribution in [-0.2, 0) is 26.1 Å². The molecular formula is C16H24N2O4S. The van der Waals surface area contributed by atoms with Crippen molar-refractivity contribution in [2.75, 3.05) is 25.4 Å². The molecule has 1 atom stereocenters. The summed E-state index contributed by atoms with van der Waals surface area (Å²) in [5.74, 6) is 0.142. The van der Waals surface area contributed by atoms with Crippen LogP contribution >= 0.6 is 0 Å². The van der Waals surface area contributed by atoms with Crippen molar-refractivity contribution in [1.82, 2.24) is 9.29 Å². The van der Waals surface area contributed by atoms with E-state index in [4.69, 9.17) is 9.47 Å². The summed E-state index contributed by atoms with van der Waals surface area (Å²) >= 11 is 0. The lowest BCUT2D eigenvalue weighted by atomic mass is 9.86. The molecule has 2 saturated heterocycles. The van der Waals surface area contributed by atoms with E-state index in [0.717, 1.165) is 18.4 Å². The molecule has 0 saturated carbocycles. The Morgan fingerprint density at radius 3 is 2.96 bits per heavy atom. The number of hydrogen-bond donors (Lipinski definition) is 0. The second kappa shape index (κ2) is 6.47. The van der Waals surface area contributed by atoms with Gasteiger partial charge in [0.15, 0.2) is 0 Å². The van der Waals surface area contributed by atoms with Crippen LogP contribution in [0.1, 0.15) is 30.9 Å². The normalized spacial score (nSPS) is 24.5. The van der Waals surface area contributed by atoms with Crippen molar-refractivity contribution < 1.29 is 17.9 Å². The van der Waals surface area contributed by atoms with E-state index >= 15 is 0 Å². The van der Waals surface area contributed by atoms with Crippen molar-refractivity contribution in [3.05, 3.63) is 29.6 Å². The van der Waals surface area contributed by atoms with Gasteiger partial charge in [0, 0.05) is 38.5 Å². The van der Waals surface area contributed by atoms with Crippen molar-refractivity contribution in [2.24, 2.45) is 0 Å². The molecule has 0 amide bonds. The Kier molecular flexibility index (Phi) is 4.73. The molecule has 2 aliphatic rings. The molecule has 6 nitrogen and oxygen atoms in total. The zero-order chi connectivity index (χ0) is 16.5. The van der Waals surface area contributed by atoms with E-state index in [2.05, 4.69) is 4.98 Å². The van der Waals surface area contributed by atoms with E-state index in [-0.39, 0.29) is 17.5 Å². The summed E-state index contributed by atoms with van der Waals surface area (Å²) < 4.78 is 37.2. The molecule has 23 heavy (non-hydrogen) atoms. The SMILES string of the molecule is CCS(=O)(=O)N1CC2(C[C@H](OCc3cnccc3C)CCO2)C1. The van der Waals surface area contributed by atoms with Gasteiger partial charge in [-0.05, 0) is 37.5 Å². The topological polar surface area (TPSA) is 68.7 Å². The van der Waals surface area contributed by atoms with Crippen molar-refractivity contribution >= 4 is 10.0 Å². The maximum Gasteiger partial charge on any atom is 0.214 e. The van der Waals surface area contributed by atoms with E-state index in [9.17, 15) is 8.42 Å². The zero-order valence-corrected chi connectivity index (χ0v) is 14.5. The molecule has 2 aliphatic heterocycles. The van der Waals surface area contributed by atoms with Crippen LogP contribution in [0, 0.1) is 6.92 Å². The van der Waals surface area contributed by atoms with Gasteiger partial charge in [-0.25, -0.2) is 8.42 Å². The number of rotatable bonds is 5. The number of sulfonamides is 1. The van der Waals surface area contributed by atoms with Gasteiger partial charge in [-0.2, -0.15) is 4.31 Å². The molecule has 0 unspecified atom stereocenters. The van der Waals surface area contributed by atoms with Gasteiger partial charge in [-0.1, -0.05) is 0 Å². The fourth-order valence-electron chi connectivity index (χ4n) is 3.18. The van der Waals surface area contributed by atoms with Gasteiger partial charge in [0.25, 0.3) is 0 Å². The standard InChI is InChI=1S/C16H24N2O4S/c1-3-23(19,20)18-11-16(12-18)8-15(5-7-22-16)21-10-14-9-17-6-4-13(14)2/h4,6,9,15H,3,5,7-8,10-12H2,1-2H3/t15-/m1/s1. The van der Waals surface area contributed by atoms with Gasteiger partial charge >= 0.3 is 0 Å². The largest absolute Gasteiger partial charge is 0.373 e. The summed E-state index contributed by atoms with van der Waals surface area (Å²) in [4.78, 5) is 4.13. The smallest absolute Gasteiger partial charge is 0.214 e. The fraction of sp³-hybridized carbons (Fsp3) is 0.688. The van der Waals surface area contributed by atoms with E-state index in [0.29, 0.717) is 26.3 Å². The molecule has 3 heterocycles. The number of nitrogens with zero attached hydrogens (tertiary/aromatic N) is 2. The predicted molar refractivity (Wildman–Crippen MR) is 86.5 cm³/mol.